The minimum absolute atomic E-state index is 0.0223. The topological polar surface area (TPSA) is 53.4 Å². The molecular weight excluding hydrogens is 228 g/mol. The van der Waals surface area contributed by atoms with Gasteiger partial charge in [0.05, 0.1) is 17.4 Å². The number of aryl methyl sites for hydroxylation is 2. The molecule has 98 valence electrons. The van der Waals surface area contributed by atoms with Crippen LogP contribution in [-0.4, -0.2) is 40.1 Å². The fourth-order valence-corrected chi connectivity index (χ4v) is 2.32. The van der Waals surface area contributed by atoms with E-state index in [1.807, 2.05) is 32.9 Å². The third-order valence-corrected chi connectivity index (χ3v) is 3.66. The molecule has 4 nitrogen and oxygen atoms in total. The molecule has 18 heavy (non-hydrogen) atoms. The number of pyridine rings is 1. The molecule has 0 aromatic carbocycles. The Morgan fingerprint density at radius 3 is 2.78 bits per heavy atom. The number of aliphatic hydroxyl groups is 1. The Hall–Kier alpha value is -1.42. The number of piperidine rings is 1. The summed E-state index contributed by atoms with van der Waals surface area (Å²) in [6.07, 6.45) is 0.437. The Kier molecular flexibility index (Phi) is 3.66. The first-order chi connectivity index (χ1) is 8.49. The fraction of sp³-hybridized carbons (Fsp3) is 0.571. The summed E-state index contributed by atoms with van der Waals surface area (Å²) in [7, 11) is 0. The van der Waals surface area contributed by atoms with Crippen molar-refractivity contribution in [1.29, 1.82) is 0 Å². The van der Waals surface area contributed by atoms with Crippen LogP contribution in [0.5, 0.6) is 0 Å². The van der Waals surface area contributed by atoms with Crippen LogP contribution in [0, 0.1) is 19.8 Å². The second kappa shape index (κ2) is 5.06. The Labute approximate surface area is 108 Å². The second-order valence-corrected chi connectivity index (χ2v) is 5.17. The van der Waals surface area contributed by atoms with Gasteiger partial charge in [0.25, 0.3) is 5.91 Å². The van der Waals surface area contributed by atoms with Gasteiger partial charge in [-0.1, -0.05) is 6.92 Å². The molecule has 2 rings (SSSR count). The highest BCUT2D eigenvalue weighted by atomic mass is 16.3. The van der Waals surface area contributed by atoms with E-state index in [1.165, 1.54) is 0 Å². The molecule has 4 heteroatoms. The SMILES string of the molecule is Cc1ccc(C(=O)N2CCC(C)C(O)C2)c(C)n1. The molecule has 0 bridgehead atoms. The second-order valence-electron chi connectivity index (χ2n) is 5.17. The lowest BCUT2D eigenvalue weighted by Crippen LogP contribution is -2.46. The van der Waals surface area contributed by atoms with Crippen LogP contribution >= 0.6 is 0 Å². The van der Waals surface area contributed by atoms with E-state index >= 15 is 0 Å². The van der Waals surface area contributed by atoms with E-state index in [0.717, 1.165) is 17.8 Å². The lowest BCUT2D eigenvalue weighted by molar-refractivity contribution is 0.0248. The maximum atomic E-state index is 12.4. The first-order valence-corrected chi connectivity index (χ1v) is 6.40. The van der Waals surface area contributed by atoms with Crippen molar-refractivity contribution < 1.29 is 9.90 Å². The zero-order valence-corrected chi connectivity index (χ0v) is 11.2. The normalized spacial score (nSPS) is 24.1. The molecule has 1 aromatic heterocycles. The molecule has 1 aliphatic heterocycles. The summed E-state index contributed by atoms with van der Waals surface area (Å²) in [4.78, 5) is 18.4. The van der Waals surface area contributed by atoms with E-state index in [4.69, 9.17) is 0 Å². The van der Waals surface area contributed by atoms with Gasteiger partial charge in [-0.05, 0) is 38.3 Å². The summed E-state index contributed by atoms with van der Waals surface area (Å²) in [5.74, 6) is 0.247. The summed E-state index contributed by atoms with van der Waals surface area (Å²) in [5, 5.41) is 9.85. The number of rotatable bonds is 1. The van der Waals surface area contributed by atoms with Crippen LogP contribution in [0.4, 0.5) is 0 Å². The number of aliphatic hydroxyl groups excluding tert-OH is 1. The van der Waals surface area contributed by atoms with Gasteiger partial charge in [-0.2, -0.15) is 0 Å². The average Bonchev–Trinajstić information content (AvgIpc) is 2.32. The molecule has 1 fully saturated rings. The first-order valence-electron chi connectivity index (χ1n) is 6.40. The summed E-state index contributed by atoms with van der Waals surface area (Å²) in [5.41, 5.74) is 2.31. The first kappa shape index (κ1) is 13.0. The van der Waals surface area contributed by atoms with Crippen molar-refractivity contribution in [3.8, 4) is 0 Å². The average molecular weight is 248 g/mol. The van der Waals surface area contributed by atoms with Crippen molar-refractivity contribution in [3.05, 3.63) is 29.1 Å². The Balaban J connectivity index is 2.16. The van der Waals surface area contributed by atoms with E-state index in [2.05, 4.69) is 4.98 Å². The molecule has 0 spiro atoms. The van der Waals surface area contributed by atoms with Gasteiger partial charge < -0.3 is 10.0 Å². The van der Waals surface area contributed by atoms with E-state index in [0.29, 0.717) is 18.7 Å². The Morgan fingerprint density at radius 1 is 1.44 bits per heavy atom. The highest BCUT2D eigenvalue weighted by Gasteiger charge is 2.28. The quantitative estimate of drug-likeness (QED) is 0.820. The largest absolute Gasteiger partial charge is 0.391 e. The predicted octanol–water partition coefficient (Wildman–Crippen LogP) is 1.54. The smallest absolute Gasteiger partial charge is 0.255 e. The standard InChI is InChI=1S/C14H20N2O2/c1-9-6-7-16(8-13(9)17)14(18)12-5-4-10(2)15-11(12)3/h4-5,9,13,17H,6-8H2,1-3H3. The number of aromatic nitrogens is 1. The number of likely N-dealkylation sites (tertiary alicyclic amines) is 1. The molecule has 0 radical (unpaired) electrons. The number of carbonyl (C=O) groups is 1. The minimum Gasteiger partial charge on any atom is -0.391 e. The van der Waals surface area contributed by atoms with Gasteiger partial charge in [0.1, 0.15) is 0 Å². The number of hydrogen-bond acceptors (Lipinski definition) is 3. The number of nitrogens with zero attached hydrogens (tertiary/aromatic N) is 2. The van der Waals surface area contributed by atoms with Crippen LogP contribution in [0.3, 0.4) is 0 Å². The van der Waals surface area contributed by atoms with Crippen LogP contribution in [0.2, 0.25) is 0 Å². The van der Waals surface area contributed by atoms with Crippen LogP contribution in [0.25, 0.3) is 0 Å². The van der Waals surface area contributed by atoms with Gasteiger partial charge in [0.2, 0.25) is 0 Å². The van der Waals surface area contributed by atoms with Gasteiger partial charge in [-0.25, -0.2) is 0 Å². The molecule has 1 saturated heterocycles. The Morgan fingerprint density at radius 2 is 2.17 bits per heavy atom. The van der Waals surface area contributed by atoms with Gasteiger partial charge >= 0.3 is 0 Å². The van der Waals surface area contributed by atoms with Crippen molar-refractivity contribution in [1.82, 2.24) is 9.88 Å². The predicted molar refractivity (Wildman–Crippen MR) is 69.4 cm³/mol. The van der Waals surface area contributed by atoms with Gasteiger partial charge in [0.15, 0.2) is 0 Å². The van der Waals surface area contributed by atoms with E-state index in [-0.39, 0.29) is 11.8 Å². The molecular formula is C14H20N2O2. The summed E-state index contributed by atoms with van der Waals surface area (Å²) in [6.45, 7) is 6.92. The van der Waals surface area contributed by atoms with Crippen molar-refractivity contribution in [2.75, 3.05) is 13.1 Å². The molecule has 1 amide bonds. The third kappa shape index (κ3) is 2.53. The highest BCUT2D eigenvalue weighted by Crippen LogP contribution is 2.19. The van der Waals surface area contributed by atoms with Crippen LogP contribution < -0.4 is 0 Å². The van der Waals surface area contributed by atoms with Gasteiger partial charge in [-0.3, -0.25) is 9.78 Å². The molecule has 0 saturated carbocycles. The third-order valence-electron chi connectivity index (χ3n) is 3.66. The lowest BCUT2D eigenvalue weighted by atomic mass is 9.95. The van der Waals surface area contributed by atoms with Crippen LogP contribution in [0.1, 0.15) is 35.1 Å². The number of hydrogen-bond donors (Lipinski definition) is 1. The summed E-state index contributed by atoms with van der Waals surface area (Å²) >= 11 is 0. The monoisotopic (exact) mass is 248 g/mol. The van der Waals surface area contributed by atoms with E-state index in [1.54, 1.807) is 4.90 Å². The van der Waals surface area contributed by atoms with Crippen LogP contribution in [-0.2, 0) is 0 Å². The molecule has 2 atom stereocenters. The zero-order valence-electron chi connectivity index (χ0n) is 11.2. The zero-order chi connectivity index (χ0) is 13.3. The minimum atomic E-state index is -0.415. The fourth-order valence-electron chi connectivity index (χ4n) is 2.32. The summed E-state index contributed by atoms with van der Waals surface area (Å²) in [6, 6.07) is 3.67. The molecule has 1 aromatic rings. The van der Waals surface area contributed by atoms with E-state index in [9.17, 15) is 9.90 Å². The maximum absolute atomic E-state index is 12.4. The maximum Gasteiger partial charge on any atom is 0.255 e. The molecule has 0 aliphatic carbocycles. The number of amides is 1. The van der Waals surface area contributed by atoms with E-state index < -0.39 is 6.10 Å². The number of carbonyl (C=O) groups excluding carboxylic acids is 1. The van der Waals surface area contributed by atoms with Crippen molar-refractivity contribution >= 4 is 5.91 Å². The Bertz CT molecular complexity index is 459. The van der Waals surface area contributed by atoms with Crippen LogP contribution in [0.15, 0.2) is 12.1 Å². The molecule has 2 unspecified atom stereocenters. The summed E-state index contributed by atoms with van der Waals surface area (Å²) < 4.78 is 0. The van der Waals surface area contributed by atoms with Crippen molar-refractivity contribution in [3.63, 3.8) is 0 Å². The molecule has 1 aliphatic rings. The van der Waals surface area contributed by atoms with Crippen molar-refractivity contribution in [2.24, 2.45) is 5.92 Å². The van der Waals surface area contributed by atoms with Crippen molar-refractivity contribution in [2.45, 2.75) is 33.3 Å². The molecule has 2 heterocycles. The molecule has 1 N–H and O–H groups in total. The van der Waals surface area contributed by atoms with Gasteiger partial charge in [-0.15, -0.1) is 0 Å². The van der Waals surface area contributed by atoms with Gasteiger partial charge in [0, 0.05) is 18.8 Å². The number of β-amino-alcohol motifs (C(OH)–C–C–N with tert-alkyl or cyclic N) is 1. The lowest BCUT2D eigenvalue weighted by Gasteiger charge is -2.34. The highest BCUT2D eigenvalue weighted by molar-refractivity contribution is 5.95.